The molecule has 33 heteroatoms. The van der Waals surface area contributed by atoms with Gasteiger partial charge in [-0.15, -0.1) is 28.9 Å². The van der Waals surface area contributed by atoms with E-state index in [9.17, 15) is 0 Å². The number of rotatable bonds is 15. The Balaban J connectivity index is 0.000000133. The summed E-state index contributed by atoms with van der Waals surface area (Å²) in [6, 6.07) is 96.0. The second kappa shape index (κ2) is 42.3. The molecule has 11 aromatic heterocycles. The summed E-state index contributed by atoms with van der Waals surface area (Å²) in [6.07, 6.45) is 22.2. The monoisotopic (exact) mass is 2530 g/mol. The number of furan rings is 1. The summed E-state index contributed by atoms with van der Waals surface area (Å²) in [4.78, 5) is 21.3. The first-order chi connectivity index (χ1) is 61.5. The van der Waals surface area contributed by atoms with Crippen LogP contribution in [0.15, 0.2) is 326 Å². The molecule has 2 atom stereocenters. The van der Waals surface area contributed by atoms with E-state index < -0.39 is 0 Å². The summed E-state index contributed by atoms with van der Waals surface area (Å²) < 4.78 is 34.3. The Morgan fingerprint density at radius 2 is 1.11 bits per heavy atom. The van der Waals surface area contributed by atoms with Gasteiger partial charge < -0.3 is 37.3 Å². The number of aryl methyl sites for hydroxylation is 1. The van der Waals surface area contributed by atoms with Crippen molar-refractivity contribution in [3.8, 4) is 120 Å². The van der Waals surface area contributed by atoms with E-state index in [2.05, 4.69) is 257 Å². The van der Waals surface area contributed by atoms with Crippen LogP contribution in [0.3, 0.4) is 0 Å². The van der Waals surface area contributed by atoms with E-state index in [1.165, 1.54) is 52.2 Å². The first-order valence-corrected chi connectivity index (χ1v) is 40.9. The third kappa shape index (κ3) is 19.8. The summed E-state index contributed by atoms with van der Waals surface area (Å²) >= 11 is 1.36. The summed E-state index contributed by atoms with van der Waals surface area (Å²) in [7, 11) is 0. The van der Waals surface area contributed by atoms with Crippen LogP contribution < -0.4 is 4.74 Å². The molecule has 2 unspecified atom stereocenters. The molecule has 0 amide bonds. The molecule has 0 saturated heterocycles. The van der Waals surface area contributed by atoms with E-state index in [0.717, 1.165) is 107 Å². The fourth-order valence-electron chi connectivity index (χ4n) is 15.1. The molecule has 1 fully saturated rings. The molecule has 1 aliphatic carbocycles. The minimum atomic E-state index is -0.322. The molecule has 655 valence electrons. The van der Waals surface area contributed by atoms with Crippen LogP contribution >= 0.6 is 11.5 Å². The van der Waals surface area contributed by atoms with Gasteiger partial charge in [0.15, 0.2) is 0 Å². The zero-order valence-electron chi connectivity index (χ0n) is 69.6. The zero-order valence-corrected chi connectivity index (χ0v) is 81.7. The second-order valence-electron chi connectivity index (χ2n) is 30.0. The molecule has 0 spiro atoms. The van der Waals surface area contributed by atoms with Crippen molar-refractivity contribution in [2.24, 2.45) is 5.92 Å². The third-order valence-corrected chi connectivity index (χ3v) is 21.4. The van der Waals surface area contributed by atoms with Crippen molar-refractivity contribution in [2.75, 3.05) is 0 Å². The summed E-state index contributed by atoms with van der Waals surface area (Å²) in [5, 5.41) is 54.6. The molecule has 11 heterocycles. The van der Waals surface area contributed by atoms with Crippen LogP contribution in [-0.2, 0) is 99.9 Å². The maximum atomic E-state index is 6.15. The van der Waals surface area contributed by atoms with Crippen molar-refractivity contribution in [2.45, 2.75) is 59.1 Å². The number of hydrogen-bond donors (Lipinski definition) is 0. The fourth-order valence-corrected chi connectivity index (χ4v) is 15.6. The molecule has 0 N–H and O–H groups in total. The summed E-state index contributed by atoms with van der Waals surface area (Å²) in [5.41, 5.74) is 15.2. The van der Waals surface area contributed by atoms with E-state index in [4.69, 9.17) is 13.7 Å². The number of para-hydroxylation sites is 6. The SMILES string of the molecule is CC(C)(C)Oc1ccccc1-n1ncnc1-c1[c-]cc2oc3ccccc3c2c1.CC1CCC1n1ncnc1-n1[c-]nnc1.Cc1cc(-n2cnnc2-c2[c-]nccn2)n(-c2ccccc2)n1.[Ir].[Ir].[Ir].[Ir].[Rh].[c-]1conc1-c1nncn1-c1c(-c2cccc3ccccc23)cccc1-c1cccc2ccccc12.[c-]1csnc1-c1ncnn1-c1ccccc1-c1ccccc1. The number of ether oxygens (including phenoxy) is 1. The maximum absolute atomic E-state index is 6.15. The van der Waals surface area contributed by atoms with E-state index in [0.29, 0.717) is 52.3 Å². The molecule has 5 radical (unpaired) electrons. The van der Waals surface area contributed by atoms with Crippen molar-refractivity contribution in [1.82, 2.24) is 118 Å². The fraction of sp³-hybridized carbons (Fsp3) is 0.103. The van der Waals surface area contributed by atoms with Gasteiger partial charge >= 0.3 is 0 Å². The zero-order chi connectivity index (χ0) is 84.6. The van der Waals surface area contributed by atoms with Crippen molar-refractivity contribution < 1.29 is 114 Å². The minimum Gasteiger partial charge on any atom is -0.500 e. The van der Waals surface area contributed by atoms with Crippen LogP contribution in [-0.4, -0.2) is 123 Å². The van der Waals surface area contributed by atoms with Gasteiger partial charge in [-0.3, -0.25) is 29.0 Å². The van der Waals surface area contributed by atoms with Gasteiger partial charge in [-0.05, 0) is 139 Å². The molecule has 0 aliphatic heterocycles. The van der Waals surface area contributed by atoms with Gasteiger partial charge in [0.2, 0.25) is 0 Å². The predicted molar refractivity (Wildman–Crippen MR) is 476 cm³/mol. The molecule has 1 saturated carbocycles. The van der Waals surface area contributed by atoms with Gasteiger partial charge in [0, 0.05) is 176 Å². The average molecular weight is 2530 g/mol. The number of nitrogens with zero attached hydrogens (tertiary/aromatic N) is 24. The molecular formula is C97H73Ir4N24O3RhS-5. The number of aromatic nitrogens is 24. The van der Waals surface area contributed by atoms with Gasteiger partial charge in [0.05, 0.1) is 40.0 Å². The Morgan fingerprint density at radius 3 is 1.76 bits per heavy atom. The summed E-state index contributed by atoms with van der Waals surface area (Å²) in [6.45, 7) is 10.3. The van der Waals surface area contributed by atoms with Gasteiger partial charge in [0.1, 0.15) is 60.3 Å². The molecule has 27 nitrogen and oxygen atoms in total. The molecule has 23 rings (SSSR count). The molecular weight excluding hydrogens is 2450 g/mol. The number of benzene rings is 11. The largest absolute Gasteiger partial charge is 0.500 e. The Bertz CT molecular complexity index is 7320. The first kappa shape index (κ1) is 92.9. The van der Waals surface area contributed by atoms with E-state index in [-0.39, 0.29) is 106 Å². The molecule has 0 bridgehead atoms. The third-order valence-electron chi connectivity index (χ3n) is 20.9. The second-order valence-corrected chi connectivity index (χ2v) is 30.7. The van der Waals surface area contributed by atoms with E-state index >= 15 is 0 Å². The molecule has 130 heavy (non-hydrogen) atoms. The first-order valence-electron chi connectivity index (χ1n) is 40.1. The smallest absolute Gasteiger partial charge is 0.144 e. The molecule has 22 aromatic rings. The topological polar surface area (TPSA) is 289 Å². The molecule has 11 aromatic carbocycles. The van der Waals surface area contributed by atoms with E-state index in [1.807, 2.05) is 178 Å². The number of hydrogen-bond acceptors (Lipinski definition) is 21. The Morgan fingerprint density at radius 1 is 0.500 bits per heavy atom. The van der Waals surface area contributed by atoms with Crippen molar-refractivity contribution >= 4 is 55.0 Å². The average Bonchev–Trinajstić information content (AvgIpc) is 1.31. The Hall–Kier alpha value is -13.3. The maximum Gasteiger partial charge on any atom is 0.144 e. The van der Waals surface area contributed by atoms with Crippen LogP contribution in [0.4, 0.5) is 0 Å². The summed E-state index contributed by atoms with van der Waals surface area (Å²) in [5.74, 6) is 5.52. The van der Waals surface area contributed by atoms with Crippen LogP contribution in [0.5, 0.6) is 5.75 Å². The molecule has 1 aliphatic rings. The quantitative estimate of drug-likeness (QED) is 0.0680. The van der Waals surface area contributed by atoms with Crippen LogP contribution in [0, 0.1) is 43.6 Å². The van der Waals surface area contributed by atoms with Gasteiger partial charge in [0.25, 0.3) is 0 Å². The predicted octanol–water partition coefficient (Wildman–Crippen LogP) is 19.7. The minimum absolute atomic E-state index is 0. The normalized spacial score (nSPS) is 12.4. The number of fused-ring (bicyclic) bond motifs is 5. The Labute approximate surface area is 816 Å². The van der Waals surface area contributed by atoms with Crippen molar-refractivity contribution in [3.63, 3.8) is 0 Å². The van der Waals surface area contributed by atoms with Crippen molar-refractivity contribution in [1.29, 1.82) is 0 Å². The van der Waals surface area contributed by atoms with Gasteiger partial charge in [-0.25, -0.2) is 30.4 Å². The Kier molecular flexibility index (Phi) is 30.2. The van der Waals surface area contributed by atoms with Gasteiger partial charge in [-0.1, -0.05) is 242 Å². The standard InChI is InChI=1S/C31H19N4O.C24H20N3O2.C17H11N4S.C16H12N7.C9H11N6.4Ir.Rh/c1-3-12-23-21(8-1)10-5-14-25(23)27-16-7-17-28(26-15-6-11-22-9-2-4-13-24(22)26)30(27)35-20-32-33-31(35)29-18-19-36-34-29;1-24(2,3)29-22-11-7-5-9-19(22)27-23(25-15-26-27)16-12-13-21-18(14-16)17-8-4-6-10-20(17)28-21;1-2-6-13(7-3-1)14-8-4-5-9-16(14)21-17(18-12-19-21)15-10-11-22-20-15;1-12-9-15(23(21-12)13-5-3-2-4-6-13)22-11-19-20-16(22)14-10-17-7-8-18-14;1-7-2-3-8(7)15-9(10-4-13-15)14-5-11-12-6-14;;;;;/h1-17,19-20H;4-11,13-15H,1-3H3;1-9,11-12H;2-9,11H,1H3;4-5,7-8H,2-3H2,1H3;;;;;/q5*-1;;;;;. The van der Waals surface area contributed by atoms with Gasteiger partial charge in [-0.2, -0.15) is 41.8 Å². The van der Waals surface area contributed by atoms with Crippen molar-refractivity contribution in [3.05, 3.63) is 353 Å². The van der Waals surface area contributed by atoms with E-state index in [1.54, 1.807) is 59.6 Å². The van der Waals surface area contributed by atoms with Crippen LogP contribution in [0.1, 0.15) is 52.3 Å². The van der Waals surface area contributed by atoms with Crippen LogP contribution in [0.2, 0.25) is 0 Å². The van der Waals surface area contributed by atoms with Crippen LogP contribution in [0.25, 0.3) is 157 Å².